The first-order chi connectivity index (χ1) is 8.60. The van der Waals surface area contributed by atoms with Gasteiger partial charge in [-0.15, -0.1) is 0 Å². The fraction of sp³-hybridized carbons (Fsp3) is 0.429. The van der Waals surface area contributed by atoms with E-state index in [0.717, 1.165) is 0 Å². The Morgan fingerprint density at radius 1 is 1.39 bits per heavy atom. The predicted octanol–water partition coefficient (Wildman–Crippen LogP) is 2.86. The third-order valence-electron chi connectivity index (χ3n) is 2.90. The van der Waals surface area contributed by atoms with Gasteiger partial charge in [0, 0.05) is 11.9 Å². The molecule has 1 unspecified atom stereocenters. The summed E-state index contributed by atoms with van der Waals surface area (Å²) in [6, 6.07) is 9.15. The summed E-state index contributed by atoms with van der Waals surface area (Å²) in [5.41, 5.74) is 0. The molecule has 0 fully saturated rings. The van der Waals surface area contributed by atoms with E-state index in [0.29, 0.717) is 11.3 Å². The van der Waals surface area contributed by atoms with E-state index in [4.69, 9.17) is 0 Å². The summed E-state index contributed by atoms with van der Waals surface area (Å²) in [7, 11) is -1.08. The van der Waals surface area contributed by atoms with Crippen molar-refractivity contribution in [2.24, 2.45) is 4.36 Å². The molecule has 0 aromatic heterocycles. The lowest BCUT2D eigenvalue weighted by Crippen LogP contribution is -2.32. The molecule has 0 bridgehead atoms. The van der Waals surface area contributed by atoms with Crippen molar-refractivity contribution in [2.75, 3.05) is 7.05 Å². The van der Waals surface area contributed by atoms with E-state index in [-0.39, 0.29) is 0 Å². The third-order valence-corrected chi connectivity index (χ3v) is 5.60. The van der Waals surface area contributed by atoms with Crippen molar-refractivity contribution < 1.29 is 9.32 Å². The van der Waals surface area contributed by atoms with Crippen molar-refractivity contribution in [3.8, 4) is 0 Å². The second-order valence-corrected chi connectivity index (χ2v) is 6.55. The van der Waals surface area contributed by atoms with Crippen LogP contribution in [0, 0.1) is 0 Å². The summed E-state index contributed by atoms with van der Waals surface area (Å²) in [4.78, 5) is 0.670. The Hall–Kier alpha value is -1.13. The molecule has 3 nitrogen and oxygen atoms in total. The second kappa shape index (κ2) is 6.71. The minimum Gasteiger partial charge on any atom is -0.392 e. The van der Waals surface area contributed by atoms with Crippen LogP contribution < -0.4 is 0 Å². The van der Waals surface area contributed by atoms with E-state index < -0.39 is 21.1 Å². The van der Waals surface area contributed by atoms with Crippen LogP contribution in [0.4, 0.5) is 0 Å². The van der Waals surface area contributed by atoms with E-state index in [9.17, 15) is 9.32 Å². The highest BCUT2D eigenvalue weighted by molar-refractivity contribution is 7.94. The van der Waals surface area contributed by atoms with Gasteiger partial charge in [0.05, 0.1) is 21.1 Å². The maximum absolute atomic E-state index is 13.1. The van der Waals surface area contributed by atoms with Gasteiger partial charge in [0.2, 0.25) is 0 Å². The monoisotopic (exact) mass is 267 g/mol. The van der Waals surface area contributed by atoms with Crippen LogP contribution in [-0.4, -0.2) is 27.7 Å². The lowest BCUT2D eigenvalue weighted by molar-refractivity contribution is 0.177. The molecule has 100 valence electrons. The van der Waals surface area contributed by atoms with Crippen molar-refractivity contribution in [3.05, 3.63) is 42.5 Å². The SMILES string of the molecule is C/C=C\[C@H]([C@H](O)CC)S(=O)(=NC)c1ccccc1. The molecule has 0 aliphatic heterocycles. The molecule has 0 radical (unpaired) electrons. The molecule has 0 aliphatic carbocycles. The van der Waals surface area contributed by atoms with Crippen LogP contribution in [0.3, 0.4) is 0 Å². The Kier molecular flexibility index (Phi) is 5.56. The zero-order chi connectivity index (χ0) is 13.6. The van der Waals surface area contributed by atoms with Crippen LogP contribution >= 0.6 is 0 Å². The number of benzene rings is 1. The topological polar surface area (TPSA) is 49.7 Å². The Morgan fingerprint density at radius 3 is 2.44 bits per heavy atom. The van der Waals surface area contributed by atoms with Gasteiger partial charge in [-0.05, 0) is 25.5 Å². The average molecular weight is 267 g/mol. The first-order valence-corrected chi connectivity index (χ1v) is 7.68. The quantitative estimate of drug-likeness (QED) is 0.834. The largest absolute Gasteiger partial charge is 0.392 e. The Bertz CT molecular complexity index is 502. The van der Waals surface area contributed by atoms with Gasteiger partial charge in [-0.25, -0.2) is 8.57 Å². The zero-order valence-corrected chi connectivity index (χ0v) is 11.9. The smallest absolute Gasteiger partial charge is 0.0913 e. The van der Waals surface area contributed by atoms with E-state index in [2.05, 4.69) is 4.36 Å². The molecule has 1 N–H and O–H groups in total. The molecule has 0 amide bonds. The van der Waals surface area contributed by atoms with Crippen LogP contribution in [0.15, 0.2) is 51.7 Å². The number of hydrogen-bond donors (Lipinski definition) is 1. The van der Waals surface area contributed by atoms with Crippen LogP contribution in [0.5, 0.6) is 0 Å². The van der Waals surface area contributed by atoms with Gasteiger partial charge in [0.25, 0.3) is 0 Å². The average Bonchev–Trinajstić information content (AvgIpc) is 2.44. The van der Waals surface area contributed by atoms with Gasteiger partial charge >= 0.3 is 0 Å². The summed E-state index contributed by atoms with van der Waals surface area (Å²) in [5, 5.41) is 9.61. The number of aliphatic hydroxyl groups is 1. The van der Waals surface area contributed by atoms with Crippen molar-refractivity contribution >= 4 is 9.73 Å². The van der Waals surface area contributed by atoms with Crippen molar-refractivity contribution in [1.29, 1.82) is 0 Å². The third kappa shape index (κ3) is 3.00. The van der Waals surface area contributed by atoms with Gasteiger partial charge in [-0.3, -0.25) is 0 Å². The standard InChI is InChI=1S/C14H21NO2S/c1-4-9-14(13(16)5-2)18(17,15-3)12-10-7-6-8-11-12/h4,6-11,13-14,16H,5H2,1-3H3/b9-4-/t13-,14-,18?/m1/s1. The maximum Gasteiger partial charge on any atom is 0.0913 e. The Balaban J connectivity index is 3.34. The Morgan fingerprint density at radius 2 is 2.00 bits per heavy atom. The molecule has 0 saturated heterocycles. The van der Waals surface area contributed by atoms with Crippen molar-refractivity contribution in [3.63, 3.8) is 0 Å². The molecule has 1 rings (SSSR count). The van der Waals surface area contributed by atoms with Gasteiger partial charge in [-0.2, -0.15) is 0 Å². The van der Waals surface area contributed by atoms with Crippen LogP contribution in [0.2, 0.25) is 0 Å². The summed E-state index contributed by atoms with van der Waals surface area (Å²) in [6.45, 7) is 3.73. The molecular weight excluding hydrogens is 246 g/mol. The number of nitrogens with zero attached hydrogens (tertiary/aromatic N) is 1. The summed E-state index contributed by atoms with van der Waals surface area (Å²) >= 11 is 0. The van der Waals surface area contributed by atoms with Crippen molar-refractivity contribution in [2.45, 2.75) is 36.5 Å². The van der Waals surface area contributed by atoms with Gasteiger partial charge in [-0.1, -0.05) is 37.3 Å². The van der Waals surface area contributed by atoms with E-state index in [1.807, 2.05) is 38.1 Å². The summed E-state index contributed by atoms with van der Waals surface area (Å²) in [5.74, 6) is 0. The molecule has 0 saturated carbocycles. The predicted molar refractivity (Wildman–Crippen MR) is 76.1 cm³/mol. The summed E-state index contributed by atoms with van der Waals surface area (Å²) in [6.07, 6.45) is 3.50. The molecule has 4 heteroatoms. The first-order valence-electron chi connectivity index (χ1n) is 6.10. The lowest BCUT2D eigenvalue weighted by atomic mass is 10.2. The molecule has 0 aliphatic rings. The highest BCUT2D eigenvalue weighted by Gasteiger charge is 2.28. The fourth-order valence-corrected chi connectivity index (χ4v) is 4.17. The van der Waals surface area contributed by atoms with E-state index in [1.54, 1.807) is 25.3 Å². The first kappa shape index (κ1) is 14.9. The molecule has 1 aromatic rings. The number of rotatable bonds is 5. The fourth-order valence-electron chi connectivity index (χ4n) is 1.87. The number of allylic oxidation sites excluding steroid dienone is 1. The summed E-state index contributed by atoms with van der Waals surface area (Å²) < 4.78 is 17.2. The number of hydrogen-bond acceptors (Lipinski definition) is 3. The van der Waals surface area contributed by atoms with Crippen molar-refractivity contribution in [1.82, 2.24) is 0 Å². The highest BCUT2D eigenvalue weighted by atomic mass is 32.2. The van der Waals surface area contributed by atoms with Crippen LogP contribution in [0.25, 0.3) is 0 Å². The second-order valence-electron chi connectivity index (χ2n) is 4.03. The molecule has 3 atom stereocenters. The van der Waals surface area contributed by atoms with E-state index >= 15 is 0 Å². The normalized spacial score (nSPS) is 18.2. The van der Waals surface area contributed by atoms with Crippen LogP contribution in [-0.2, 0) is 9.73 Å². The molecular formula is C14H21NO2S. The number of aliphatic hydroxyl groups excluding tert-OH is 1. The highest BCUT2D eigenvalue weighted by Crippen LogP contribution is 2.23. The maximum atomic E-state index is 13.1. The molecule has 1 aromatic carbocycles. The van der Waals surface area contributed by atoms with Gasteiger partial charge < -0.3 is 5.11 Å². The van der Waals surface area contributed by atoms with Crippen LogP contribution in [0.1, 0.15) is 20.3 Å². The van der Waals surface area contributed by atoms with Gasteiger partial charge in [0.15, 0.2) is 0 Å². The zero-order valence-electron chi connectivity index (χ0n) is 11.1. The Labute approximate surface area is 110 Å². The molecule has 0 spiro atoms. The minimum atomic E-state index is -2.63. The molecule has 18 heavy (non-hydrogen) atoms. The molecule has 0 heterocycles. The minimum absolute atomic E-state index is 0.472. The van der Waals surface area contributed by atoms with E-state index in [1.165, 1.54) is 0 Å². The van der Waals surface area contributed by atoms with Gasteiger partial charge in [0.1, 0.15) is 0 Å². The lowest BCUT2D eigenvalue weighted by Gasteiger charge is -2.22.